The van der Waals surface area contributed by atoms with Gasteiger partial charge in [0.1, 0.15) is 23.7 Å². The first kappa shape index (κ1) is 19.2. The number of aromatic carboxylic acids is 1. The third-order valence-corrected chi connectivity index (χ3v) is 5.20. The number of H-pyrrole nitrogens is 1. The highest BCUT2D eigenvalue weighted by Crippen LogP contribution is 2.19. The minimum absolute atomic E-state index is 0.199. The molecule has 1 aromatic heterocycles. The fourth-order valence-electron chi connectivity index (χ4n) is 3.63. The van der Waals surface area contributed by atoms with Crippen LogP contribution in [0.1, 0.15) is 41.0 Å². The number of imidazole rings is 1. The number of aromatic amines is 1. The van der Waals surface area contributed by atoms with Crippen molar-refractivity contribution >= 4 is 29.2 Å². The lowest BCUT2D eigenvalue weighted by Gasteiger charge is -2.26. The Morgan fingerprint density at radius 3 is 2.66 bits per heavy atom. The monoisotopic (exact) mass is 391 g/mol. The molecule has 6 heteroatoms. The molecule has 1 aliphatic rings. The first-order valence-corrected chi connectivity index (χ1v) is 10.0. The van der Waals surface area contributed by atoms with Gasteiger partial charge in [-0.1, -0.05) is 30.7 Å². The van der Waals surface area contributed by atoms with Crippen molar-refractivity contribution in [3.05, 3.63) is 59.4 Å². The zero-order chi connectivity index (χ0) is 20.1. The first-order valence-electron chi connectivity index (χ1n) is 10.0. The van der Waals surface area contributed by atoms with E-state index in [2.05, 4.69) is 14.9 Å². The maximum Gasteiger partial charge on any atom is 0.337 e. The van der Waals surface area contributed by atoms with Crippen molar-refractivity contribution in [3.8, 4) is 5.75 Å². The number of carbonyl (C=O) groups is 1. The molecule has 0 unspecified atom stereocenters. The summed E-state index contributed by atoms with van der Waals surface area (Å²) in [5.41, 5.74) is 2.40. The summed E-state index contributed by atoms with van der Waals surface area (Å²) in [5.74, 6) is 0.512. The molecule has 0 spiro atoms. The lowest BCUT2D eigenvalue weighted by molar-refractivity contribution is 0.0699. The second-order valence-electron chi connectivity index (χ2n) is 7.28. The van der Waals surface area contributed by atoms with E-state index in [1.807, 2.05) is 42.5 Å². The minimum atomic E-state index is -0.978. The Balaban J connectivity index is 1.36. The van der Waals surface area contributed by atoms with E-state index in [0.717, 1.165) is 17.9 Å². The summed E-state index contributed by atoms with van der Waals surface area (Å²) in [6, 6.07) is 13.0. The van der Waals surface area contributed by atoms with Gasteiger partial charge in [-0.25, -0.2) is 9.78 Å². The Hall–Kier alpha value is -3.12. The molecule has 2 aromatic carbocycles. The van der Waals surface area contributed by atoms with Crippen LogP contribution in [0.25, 0.3) is 23.2 Å². The van der Waals surface area contributed by atoms with Crippen LogP contribution in [-0.4, -0.2) is 52.2 Å². The first-order chi connectivity index (χ1) is 14.2. The van der Waals surface area contributed by atoms with E-state index in [-0.39, 0.29) is 5.56 Å². The third kappa shape index (κ3) is 4.84. The zero-order valence-electron chi connectivity index (χ0n) is 16.3. The van der Waals surface area contributed by atoms with Gasteiger partial charge in [0.25, 0.3) is 0 Å². The highest BCUT2D eigenvalue weighted by atomic mass is 16.5. The van der Waals surface area contributed by atoms with E-state index < -0.39 is 5.97 Å². The molecular weight excluding hydrogens is 366 g/mol. The molecule has 0 aliphatic carbocycles. The molecule has 2 heterocycles. The van der Waals surface area contributed by atoms with Crippen LogP contribution in [0.2, 0.25) is 0 Å². The number of benzene rings is 2. The summed E-state index contributed by atoms with van der Waals surface area (Å²) in [6.45, 7) is 4.05. The van der Waals surface area contributed by atoms with Gasteiger partial charge >= 0.3 is 5.97 Å². The maximum atomic E-state index is 11.3. The van der Waals surface area contributed by atoms with Crippen LogP contribution >= 0.6 is 0 Å². The average Bonchev–Trinajstić information content (AvgIpc) is 3.17. The number of rotatable bonds is 7. The number of aromatic nitrogens is 2. The Bertz CT molecular complexity index is 1000. The second-order valence-corrected chi connectivity index (χ2v) is 7.28. The molecule has 0 bridgehead atoms. The van der Waals surface area contributed by atoms with Crippen molar-refractivity contribution in [1.82, 2.24) is 14.9 Å². The quantitative estimate of drug-likeness (QED) is 0.628. The summed E-state index contributed by atoms with van der Waals surface area (Å²) < 4.78 is 5.86. The van der Waals surface area contributed by atoms with Gasteiger partial charge in [0.05, 0.1) is 11.1 Å². The number of hydrogen-bond acceptors (Lipinski definition) is 4. The van der Waals surface area contributed by atoms with Crippen molar-refractivity contribution in [3.63, 3.8) is 0 Å². The number of nitrogens with one attached hydrogen (secondary N) is 1. The number of nitrogens with zero attached hydrogens (tertiary/aromatic N) is 2. The van der Waals surface area contributed by atoms with Gasteiger partial charge in [-0.05, 0) is 61.8 Å². The molecule has 0 radical (unpaired) electrons. The largest absolute Gasteiger partial charge is 0.492 e. The molecule has 29 heavy (non-hydrogen) atoms. The van der Waals surface area contributed by atoms with Crippen LogP contribution in [0, 0.1) is 0 Å². The smallest absolute Gasteiger partial charge is 0.337 e. The van der Waals surface area contributed by atoms with Gasteiger partial charge in [-0.3, -0.25) is 4.90 Å². The van der Waals surface area contributed by atoms with Crippen molar-refractivity contribution in [2.45, 2.75) is 19.3 Å². The number of fused-ring (bicyclic) bond motifs is 1. The Labute approximate surface area is 169 Å². The Kier molecular flexibility index (Phi) is 5.91. The number of carboxylic acid groups (broad SMARTS) is 1. The van der Waals surface area contributed by atoms with Crippen molar-refractivity contribution in [2.75, 3.05) is 26.2 Å². The van der Waals surface area contributed by atoms with Gasteiger partial charge in [0.15, 0.2) is 0 Å². The molecular formula is C23H25N3O3. The van der Waals surface area contributed by atoms with E-state index in [0.29, 0.717) is 23.5 Å². The topological polar surface area (TPSA) is 78.4 Å². The molecule has 0 saturated carbocycles. The molecule has 3 aromatic rings. The Morgan fingerprint density at radius 2 is 1.90 bits per heavy atom. The predicted octanol–water partition coefficient (Wildman–Crippen LogP) is 4.30. The molecule has 1 aliphatic heterocycles. The summed E-state index contributed by atoms with van der Waals surface area (Å²) >= 11 is 0. The van der Waals surface area contributed by atoms with Crippen LogP contribution < -0.4 is 4.74 Å². The van der Waals surface area contributed by atoms with E-state index in [4.69, 9.17) is 4.74 Å². The van der Waals surface area contributed by atoms with Crippen LogP contribution in [0.15, 0.2) is 42.5 Å². The molecule has 6 nitrogen and oxygen atoms in total. The zero-order valence-corrected chi connectivity index (χ0v) is 16.3. The molecule has 0 amide bonds. The minimum Gasteiger partial charge on any atom is -0.492 e. The van der Waals surface area contributed by atoms with E-state index in [9.17, 15) is 9.90 Å². The van der Waals surface area contributed by atoms with Gasteiger partial charge in [-0.15, -0.1) is 0 Å². The normalized spacial score (nSPS) is 15.2. The third-order valence-electron chi connectivity index (χ3n) is 5.20. The lowest BCUT2D eigenvalue weighted by Crippen LogP contribution is -2.33. The van der Waals surface area contributed by atoms with Crippen LogP contribution in [0.4, 0.5) is 0 Å². The fraction of sp³-hybridized carbons (Fsp3) is 0.304. The Morgan fingerprint density at radius 1 is 1.10 bits per heavy atom. The number of para-hydroxylation sites is 1. The number of hydrogen-bond donors (Lipinski definition) is 2. The summed E-state index contributed by atoms with van der Waals surface area (Å²) in [7, 11) is 0. The van der Waals surface area contributed by atoms with Gasteiger partial charge in [0, 0.05) is 6.54 Å². The molecule has 1 fully saturated rings. The number of carboxylic acids is 1. The molecule has 0 atom stereocenters. The SMILES string of the molecule is O=C(O)c1cccc2[nH]c(C=Cc3ccc(OCCN4CCCCC4)cc3)nc12. The van der Waals surface area contributed by atoms with E-state index in [1.54, 1.807) is 12.1 Å². The molecule has 150 valence electrons. The summed E-state index contributed by atoms with van der Waals surface area (Å²) in [4.78, 5) is 21.3. The molecule has 1 saturated heterocycles. The lowest BCUT2D eigenvalue weighted by atomic mass is 10.1. The average molecular weight is 391 g/mol. The number of piperidine rings is 1. The predicted molar refractivity (Wildman–Crippen MR) is 114 cm³/mol. The van der Waals surface area contributed by atoms with Gasteiger partial charge in [-0.2, -0.15) is 0 Å². The standard InChI is InChI=1S/C23H25N3O3/c27-23(28)19-5-4-6-20-22(19)25-21(24-20)12-9-17-7-10-18(11-8-17)29-16-15-26-13-2-1-3-14-26/h4-12H,1-3,13-16H2,(H,24,25)(H,27,28). The van der Waals surface area contributed by atoms with Crippen molar-refractivity contribution in [1.29, 1.82) is 0 Å². The second kappa shape index (κ2) is 8.92. The van der Waals surface area contributed by atoms with Gasteiger partial charge < -0.3 is 14.8 Å². The van der Waals surface area contributed by atoms with Crippen molar-refractivity contribution < 1.29 is 14.6 Å². The maximum absolute atomic E-state index is 11.3. The highest BCUT2D eigenvalue weighted by Gasteiger charge is 2.11. The highest BCUT2D eigenvalue weighted by molar-refractivity contribution is 6.01. The number of likely N-dealkylation sites (tertiary alicyclic amines) is 1. The van der Waals surface area contributed by atoms with Crippen molar-refractivity contribution in [2.24, 2.45) is 0 Å². The van der Waals surface area contributed by atoms with Crippen LogP contribution in [0.5, 0.6) is 5.75 Å². The van der Waals surface area contributed by atoms with Crippen LogP contribution in [0.3, 0.4) is 0 Å². The molecule has 4 rings (SSSR count). The molecule has 2 N–H and O–H groups in total. The summed E-state index contributed by atoms with van der Waals surface area (Å²) in [6.07, 6.45) is 7.72. The summed E-state index contributed by atoms with van der Waals surface area (Å²) in [5, 5.41) is 9.28. The van der Waals surface area contributed by atoms with Gasteiger partial charge in [0.2, 0.25) is 0 Å². The van der Waals surface area contributed by atoms with Crippen LogP contribution in [-0.2, 0) is 0 Å². The fourth-order valence-corrected chi connectivity index (χ4v) is 3.63. The van der Waals surface area contributed by atoms with E-state index in [1.165, 1.54) is 32.4 Å². The van der Waals surface area contributed by atoms with E-state index >= 15 is 0 Å². The number of ether oxygens (including phenoxy) is 1.